The van der Waals surface area contributed by atoms with Crippen LogP contribution < -0.4 is 0 Å². The molecule has 0 saturated heterocycles. The van der Waals surface area contributed by atoms with Gasteiger partial charge in [-0.1, -0.05) is 35.9 Å². The van der Waals surface area contributed by atoms with E-state index in [0.29, 0.717) is 0 Å². The van der Waals surface area contributed by atoms with Crippen LogP contribution in [0.5, 0.6) is 0 Å². The molecule has 0 fully saturated rings. The van der Waals surface area contributed by atoms with E-state index in [-0.39, 0.29) is 0 Å². The Morgan fingerprint density at radius 2 is 1.59 bits per heavy atom. The summed E-state index contributed by atoms with van der Waals surface area (Å²) in [5, 5.41) is 11.7. The molecule has 0 radical (unpaired) electrons. The van der Waals surface area contributed by atoms with Gasteiger partial charge in [0.05, 0.1) is 0 Å². The second-order valence-electron chi connectivity index (χ2n) is 8.33. The van der Waals surface area contributed by atoms with Crippen LogP contribution in [0.2, 0.25) is 0 Å². The number of aromatic nitrogens is 4. The van der Waals surface area contributed by atoms with E-state index in [2.05, 4.69) is 102 Å². The number of fused-ring (bicyclic) bond motifs is 4. The summed E-state index contributed by atoms with van der Waals surface area (Å²) in [6.45, 7) is 4.22. The summed E-state index contributed by atoms with van der Waals surface area (Å²) in [5.74, 6) is 0. The average molecular weight is 435 g/mol. The number of hydrogen-bond acceptors (Lipinski definition) is 3. The SMILES string of the molecule is Cc1ccc2[nH]c3ccc(/C=C/c4ccc(-c5ccc(C)c6nn(C)nc56)s4)cc3c2c1. The molecule has 0 aliphatic rings. The van der Waals surface area contributed by atoms with Gasteiger partial charge in [-0.25, -0.2) is 0 Å². The van der Waals surface area contributed by atoms with Crippen LogP contribution >= 0.6 is 11.3 Å². The fourth-order valence-corrected chi connectivity index (χ4v) is 5.25. The lowest BCUT2D eigenvalue weighted by Gasteiger charge is -2.00. The zero-order valence-electron chi connectivity index (χ0n) is 18.2. The molecule has 0 aliphatic carbocycles. The Bertz CT molecular complexity index is 1660. The zero-order chi connectivity index (χ0) is 21.8. The van der Waals surface area contributed by atoms with Crippen molar-refractivity contribution < 1.29 is 0 Å². The van der Waals surface area contributed by atoms with Crippen molar-refractivity contribution in [2.24, 2.45) is 7.05 Å². The van der Waals surface area contributed by atoms with Crippen molar-refractivity contribution in [2.75, 3.05) is 0 Å². The van der Waals surface area contributed by atoms with Gasteiger partial charge in [0.25, 0.3) is 0 Å². The minimum atomic E-state index is 0.963. The molecule has 156 valence electrons. The van der Waals surface area contributed by atoms with Crippen molar-refractivity contribution in [3.63, 3.8) is 0 Å². The monoisotopic (exact) mass is 434 g/mol. The number of aromatic amines is 1. The maximum absolute atomic E-state index is 4.60. The van der Waals surface area contributed by atoms with E-state index < -0.39 is 0 Å². The van der Waals surface area contributed by atoms with E-state index in [1.807, 2.05) is 7.05 Å². The molecule has 0 amide bonds. The fourth-order valence-electron chi connectivity index (χ4n) is 4.32. The normalized spacial score (nSPS) is 12.1. The third-order valence-corrected chi connectivity index (χ3v) is 7.04. The maximum Gasteiger partial charge on any atom is 0.122 e. The highest BCUT2D eigenvalue weighted by atomic mass is 32.1. The summed E-state index contributed by atoms with van der Waals surface area (Å²) in [7, 11) is 1.87. The lowest BCUT2D eigenvalue weighted by Crippen LogP contribution is -1.90. The number of rotatable bonds is 3. The number of nitrogens with zero attached hydrogens (tertiary/aromatic N) is 3. The van der Waals surface area contributed by atoms with Gasteiger partial charge in [0.1, 0.15) is 11.0 Å². The Hall–Kier alpha value is -3.70. The number of H-pyrrole nitrogens is 1. The van der Waals surface area contributed by atoms with Crippen molar-refractivity contribution in [3.05, 3.63) is 82.2 Å². The molecule has 6 aromatic rings. The molecule has 1 N–H and O–H groups in total. The molecule has 0 spiro atoms. The first-order valence-corrected chi connectivity index (χ1v) is 11.5. The van der Waals surface area contributed by atoms with Gasteiger partial charge in [-0.05, 0) is 67.4 Å². The summed E-state index contributed by atoms with van der Waals surface area (Å²) in [4.78, 5) is 7.59. The summed E-state index contributed by atoms with van der Waals surface area (Å²) in [5.41, 5.74) is 9.05. The van der Waals surface area contributed by atoms with Crippen LogP contribution in [0, 0.1) is 13.8 Å². The minimum absolute atomic E-state index is 0.963. The lowest BCUT2D eigenvalue weighted by molar-refractivity contribution is 0.665. The first kappa shape index (κ1) is 19.0. The molecule has 0 atom stereocenters. The molecule has 32 heavy (non-hydrogen) atoms. The maximum atomic E-state index is 4.60. The molecule has 5 heteroatoms. The van der Waals surface area contributed by atoms with Gasteiger partial charge in [0.15, 0.2) is 0 Å². The van der Waals surface area contributed by atoms with Crippen molar-refractivity contribution in [1.29, 1.82) is 0 Å². The van der Waals surface area contributed by atoms with E-state index in [9.17, 15) is 0 Å². The highest BCUT2D eigenvalue weighted by molar-refractivity contribution is 7.16. The van der Waals surface area contributed by atoms with Crippen LogP contribution in [0.15, 0.2) is 60.7 Å². The largest absolute Gasteiger partial charge is 0.355 e. The van der Waals surface area contributed by atoms with Crippen LogP contribution in [0.25, 0.3) is 55.4 Å². The molecule has 6 rings (SSSR count). The lowest BCUT2D eigenvalue weighted by atomic mass is 10.1. The van der Waals surface area contributed by atoms with Crippen LogP contribution in [-0.2, 0) is 7.05 Å². The van der Waals surface area contributed by atoms with Crippen molar-refractivity contribution >= 4 is 56.3 Å². The number of thiophene rings is 1. The van der Waals surface area contributed by atoms with Crippen molar-refractivity contribution in [2.45, 2.75) is 13.8 Å². The van der Waals surface area contributed by atoms with Crippen LogP contribution in [0.4, 0.5) is 0 Å². The van der Waals surface area contributed by atoms with Crippen molar-refractivity contribution in [1.82, 2.24) is 20.0 Å². The van der Waals surface area contributed by atoms with Crippen LogP contribution in [0.1, 0.15) is 21.6 Å². The number of aryl methyl sites for hydroxylation is 3. The van der Waals surface area contributed by atoms with E-state index in [1.165, 1.54) is 42.7 Å². The third kappa shape index (κ3) is 3.13. The minimum Gasteiger partial charge on any atom is -0.355 e. The van der Waals surface area contributed by atoms with E-state index in [1.54, 1.807) is 16.1 Å². The Balaban J connectivity index is 1.35. The highest BCUT2D eigenvalue weighted by Gasteiger charge is 2.12. The summed E-state index contributed by atoms with van der Waals surface area (Å²) < 4.78 is 0. The van der Waals surface area contributed by atoms with Crippen molar-refractivity contribution in [3.8, 4) is 10.4 Å². The van der Waals surface area contributed by atoms with Crippen LogP contribution in [0.3, 0.4) is 0 Å². The molecular formula is C27H22N4S. The van der Waals surface area contributed by atoms with E-state index >= 15 is 0 Å². The summed E-state index contributed by atoms with van der Waals surface area (Å²) in [6.07, 6.45) is 4.38. The van der Waals surface area contributed by atoms with Gasteiger partial charge < -0.3 is 4.98 Å². The molecular weight excluding hydrogens is 412 g/mol. The number of hydrogen-bond donors (Lipinski definition) is 1. The molecule has 0 aliphatic heterocycles. The second-order valence-corrected chi connectivity index (χ2v) is 9.45. The third-order valence-electron chi connectivity index (χ3n) is 5.95. The van der Waals surface area contributed by atoms with E-state index in [0.717, 1.165) is 22.2 Å². The zero-order valence-corrected chi connectivity index (χ0v) is 19.0. The Labute approximate surface area is 189 Å². The molecule has 0 saturated carbocycles. The van der Waals surface area contributed by atoms with Gasteiger partial charge >= 0.3 is 0 Å². The molecule has 3 aromatic carbocycles. The first-order chi connectivity index (χ1) is 15.5. The summed E-state index contributed by atoms with van der Waals surface area (Å²) >= 11 is 1.77. The van der Waals surface area contributed by atoms with E-state index in [4.69, 9.17) is 0 Å². The second kappa shape index (κ2) is 7.18. The predicted molar refractivity (Wildman–Crippen MR) is 136 cm³/mol. The van der Waals surface area contributed by atoms with Gasteiger partial charge in [0.2, 0.25) is 0 Å². The molecule has 0 unspecified atom stereocenters. The standard InChI is InChI=1S/C27H22N4S/c1-16-4-11-23-21(14-16)22-15-18(7-12-24(22)28-23)6-8-19-9-13-25(32-19)20-10-5-17(2)26-27(20)30-31(3)29-26/h4-15,28H,1-3H3/b8-6+. The van der Waals surface area contributed by atoms with Gasteiger partial charge in [0, 0.05) is 44.2 Å². The average Bonchev–Trinajstić information content (AvgIpc) is 3.49. The first-order valence-electron chi connectivity index (χ1n) is 10.7. The Morgan fingerprint density at radius 1 is 0.812 bits per heavy atom. The van der Waals surface area contributed by atoms with Crippen LogP contribution in [-0.4, -0.2) is 20.0 Å². The van der Waals surface area contributed by atoms with Gasteiger partial charge in [-0.15, -0.1) is 11.3 Å². The smallest absolute Gasteiger partial charge is 0.122 e. The Kier molecular flexibility index (Phi) is 4.26. The Morgan fingerprint density at radius 3 is 2.47 bits per heavy atom. The van der Waals surface area contributed by atoms with Gasteiger partial charge in [-0.3, -0.25) is 0 Å². The molecule has 4 nitrogen and oxygen atoms in total. The topological polar surface area (TPSA) is 46.5 Å². The number of nitrogens with one attached hydrogen (secondary N) is 1. The predicted octanol–water partition coefficient (Wildman–Crippen LogP) is 7.12. The fraction of sp³-hybridized carbons (Fsp3) is 0.111. The number of benzene rings is 3. The quantitative estimate of drug-likeness (QED) is 0.322. The van der Waals surface area contributed by atoms with Gasteiger partial charge in [-0.2, -0.15) is 15.0 Å². The molecule has 0 bridgehead atoms. The highest BCUT2D eigenvalue weighted by Crippen LogP contribution is 2.34. The summed E-state index contributed by atoms with van der Waals surface area (Å²) in [6, 6.07) is 21.8. The molecule has 3 heterocycles. The molecule has 3 aromatic heterocycles.